The summed E-state index contributed by atoms with van der Waals surface area (Å²) in [7, 11) is 0. The Morgan fingerprint density at radius 1 is 1.24 bits per heavy atom. The molecule has 5 nitrogen and oxygen atoms in total. The first-order valence-electron chi connectivity index (χ1n) is 8.07. The van der Waals surface area contributed by atoms with Gasteiger partial charge in [0.25, 0.3) is 0 Å². The van der Waals surface area contributed by atoms with E-state index in [1.54, 1.807) is 0 Å². The van der Waals surface area contributed by atoms with Crippen LogP contribution in [0.1, 0.15) is 65.2 Å². The Labute approximate surface area is 127 Å². The van der Waals surface area contributed by atoms with E-state index >= 15 is 0 Å². The fraction of sp³-hybridized carbons (Fsp3) is 0.875. The van der Waals surface area contributed by atoms with Gasteiger partial charge in [-0.2, -0.15) is 0 Å². The molecule has 0 radical (unpaired) electrons. The predicted octanol–water partition coefficient (Wildman–Crippen LogP) is 2.39. The van der Waals surface area contributed by atoms with Crippen LogP contribution in [0.5, 0.6) is 0 Å². The second kappa shape index (κ2) is 8.37. The van der Waals surface area contributed by atoms with Crippen molar-refractivity contribution in [3.63, 3.8) is 0 Å². The highest BCUT2D eigenvalue weighted by molar-refractivity contribution is 5.76. The molecule has 5 heteroatoms. The Morgan fingerprint density at radius 3 is 2.57 bits per heavy atom. The van der Waals surface area contributed by atoms with Crippen molar-refractivity contribution in [3.8, 4) is 0 Å². The number of likely N-dealkylation sites (tertiary alicyclic amines) is 1. The molecule has 21 heavy (non-hydrogen) atoms. The monoisotopic (exact) mass is 298 g/mol. The Balaban J connectivity index is 2.50. The first-order valence-corrected chi connectivity index (χ1v) is 8.07. The fourth-order valence-corrected chi connectivity index (χ4v) is 3.02. The van der Waals surface area contributed by atoms with Crippen LogP contribution >= 0.6 is 0 Å². The number of carboxylic acids is 1. The molecule has 1 heterocycles. The van der Waals surface area contributed by atoms with Crippen molar-refractivity contribution < 1.29 is 14.7 Å². The molecule has 1 amide bonds. The van der Waals surface area contributed by atoms with Crippen LogP contribution in [0.25, 0.3) is 0 Å². The summed E-state index contributed by atoms with van der Waals surface area (Å²) in [5.41, 5.74) is 5.70. The minimum absolute atomic E-state index is 0.0940. The largest absolute Gasteiger partial charge is 0.481 e. The number of aliphatic carboxylic acids is 1. The number of carbonyl (C=O) groups is 2. The first kappa shape index (κ1) is 18.0. The topological polar surface area (TPSA) is 83.6 Å². The molecule has 1 aliphatic heterocycles. The van der Waals surface area contributed by atoms with Gasteiger partial charge in [0.1, 0.15) is 0 Å². The SMILES string of the molecule is CC(C)(CCN)CCC(=O)N1CCCCC1CCC(=O)O. The number of hydrogen-bond acceptors (Lipinski definition) is 3. The maximum Gasteiger partial charge on any atom is 0.303 e. The zero-order chi connectivity index (χ0) is 15.9. The van der Waals surface area contributed by atoms with Gasteiger partial charge in [-0.15, -0.1) is 0 Å². The Hall–Kier alpha value is -1.10. The van der Waals surface area contributed by atoms with Crippen molar-refractivity contribution in [2.45, 2.75) is 71.3 Å². The predicted molar refractivity (Wildman–Crippen MR) is 82.9 cm³/mol. The van der Waals surface area contributed by atoms with Gasteiger partial charge in [-0.25, -0.2) is 0 Å². The highest BCUT2D eigenvalue weighted by atomic mass is 16.4. The van der Waals surface area contributed by atoms with E-state index in [-0.39, 0.29) is 23.8 Å². The minimum Gasteiger partial charge on any atom is -0.481 e. The van der Waals surface area contributed by atoms with E-state index in [1.807, 2.05) is 4.90 Å². The lowest BCUT2D eigenvalue weighted by molar-refractivity contribution is -0.140. The normalized spacial score (nSPS) is 19.6. The van der Waals surface area contributed by atoms with Gasteiger partial charge in [0, 0.05) is 25.4 Å². The number of rotatable bonds is 8. The molecule has 0 aromatic heterocycles. The first-order chi connectivity index (χ1) is 9.85. The second-order valence-electron chi connectivity index (χ2n) is 6.87. The molecule has 1 fully saturated rings. The number of amides is 1. The van der Waals surface area contributed by atoms with Crippen LogP contribution in [-0.4, -0.2) is 41.0 Å². The number of carboxylic acid groups (broad SMARTS) is 1. The number of nitrogens with two attached hydrogens (primary N) is 1. The number of hydrogen-bond donors (Lipinski definition) is 2. The molecular weight excluding hydrogens is 268 g/mol. The smallest absolute Gasteiger partial charge is 0.303 e. The summed E-state index contributed by atoms with van der Waals surface area (Å²) in [5, 5.41) is 8.82. The van der Waals surface area contributed by atoms with Gasteiger partial charge in [-0.3, -0.25) is 9.59 Å². The summed E-state index contributed by atoms with van der Waals surface area (Å²) in [6, 6.07) is 0.111. The van der Waals surface area contributed by atoms with Crippen molar-refractivity contribution in [2.24, 2.45) is 11.1 Å². The van der Waals surface area contributed by atoms with Crippen LogP contribution in [0.4, 0.5) is 0 Å². The summed E-state index contributed by atoms with van der Waals surface area (Å²) in [5.74, 6) is -0.604. The van der Waals surface area contributed by atoms with Crippen LogP contribution < -0.4 is 5.73 Å². The van der Waals surface area contributed by atoms with Gasteiger partial charge >= 0.3 is 5.97 Å². The lowest BCUT2D eigenvalue weighted by atomic mass is 9.84. The van der Waals surface area contributed by atoms with Crippen LogP contribution in [0, 0.1) is 5.41 Å². The molecule has 0 spiro atoms. The molecule has 1 rings (SSSR count). The third kappa shape index (κ3) is 6.46. The van der Waals surface area contributed by atoms with E-state index in [4.69, 9.17) is 10.8 Å². The van der Waals surface area contributed by atoms with Gasteiger partial charge in [0.2, 0.25) is 5.91 Å². The van der Waals surface area contributed by atoms with E-state index in [2.05, 4.69) is 13.8 Å². The summed E-state index contributed by atoms with van der Waals surface area (Å²) in [6.45, 7) is 5.71. The maximum atomic E-state index is 12.5. The molecule has 0 aromatic rings. The second-order valence-corrected chi connectivity index (χ2v) is 6.87. The third-order valence-corrected chi connectivity index (χ3v) is 4.48. The quantitative estimate of drug-likeness (QED) is 0.720. The molecule has 1 saturated heterocycles. The van der Waals surface area contributed by atoms with Gasteiger partial charge in [-0.1, -0.05) is 13.8 Å². The zero-order valence-corrected chi connectivity index (χ0v) is 13.4. The van der Waals surface area contributed by atoms with Gasteiger partial charge in [-0.05, 0) is 50.5 Å². The number of piperidine rings is 1. The Morgan fingerprint density at radius 2 is 1.95 bits per heavy atom. The Bertz CT molecular complexity index is 355. The number of carbonyl (C=O) groups excluding carboxylic acids is 1. The summed E-state index contributed by atoms with van der Waals surface area (Å²) in [4.78, 5) is 25.1. The average Bonchev–Trinajstić information content (AvgIpc) is 2.43. The van der Waals surface area contributed by atoms with Gasteiger partial charge in [0.05, 0.1) is 0 Å². The number of nitrogens with zero attached hydrogens (tertiary/aromatic N) is 1. The molecule has 122 valence electrons. The molecule has 0 saturated carbocycles. The molecular formula is C16H30N2O3. The third-order valence-electron chi connectivity index (χ3n) is 4.48. The zero-order valence-electron chi connectivity index (χ0n) is 13.4. The van der Waals surface area contributed by atoms with E-state index < -0.39 is 5.97 Å². The highest BCUT2D eigenvalue weighted by Crippen LogP contribution is 2.28. The molecule has 1 aliphatic rings. The maximum absolute atomic E-state index is 12.5. The molecule has 1 atom stereocenters. The van der Waals surface area contributed by atoms with Crippen molar-refractivity contribution in [2.75, 3.05) is 13.1 Å². The highest BCUT2D eigenvalue weighted by Gasteiger charge is 2.28. The molecule has 1 unspecified atom stereocenters. The van der Waals surface area contributed by atoms with E-state index in [0.717, 1.165) is 38.6 Å². The lowest BCUT2D eigenvalue weighted by Crippen LogP contribution is -2.44. The van der Waals surface area contributed by atoms with Crippen molar-refractivity contribution in [1.82, 2.24) is 4.90 Å². The average molecular weight is 298 g/mol. The molecule has 0 aromatic carbocycles. The lowest BCUT2D eigenvalue weighted by Gasteiger charge is -2.36. The Kier molecular flexibility index (Phi) is 7.15. The minimum atomic E-state index is -0.781. The standard InChI is InChI=1S/C16H30N2O3/c1-16(2,10-11-17)9-8-14(19)18-12-4-3-5-13(18)6-7-15(20)21/h13H,3-12,17H2,1-2H3,(H,20,21). The molecule has 3 N–H and O–H groups in total. The van der Waals surface area contributed by atoms with Crippen molar-refractivity contribution in [3.05, 3.63) is 0 Å². The van der Waals surface area contributed by atoms with Crippen molar-refractivity contribution >= 4 is 11.9 Å². The summed E-state index contributed by atoms with van der Waals surface area (Å²) >= 11 is 0. The van der Waals surface area contributed by atoms with Crippen LogP contribution in [0.2, 0.25) is 0 Å². The van der Waals surface area contributed by atoms with Gasteiger partial charge in [0.15, 0.2) is 0 Å². The van der Waals surface area contributed by atoms with E-state index in [1.165, 1.54) is 0 Å². The fourth-order valence-electron chi connectivity index (χ4n) is 3.02. The van der Waals surface area contributed by atoms with Crippen molar-refractivity contribution in [1.29, 1.82) is 0 Å². The summed E-state index contributed by atoms with van der Waals surface area (Å²) in [6.07, 6.45) is 6.07. The van der Waals surface area contributed by atoms with Crippen LogP contribution in [0.3, 0.4) is 0 Å². The van der Waals surface area contributed by atoms with E-state index in [0.29, 0.717) is 19.4 Å². The molecule has 0 aliphatic carbocycles. The van der Waals surface area contributed by atoms with Gasteiger partial charge < -0.3 is 15.7 Å². The van der Waals surface area contributed by atoms with Crippen LogP contribution in [0.15, 0.2) is 0 Å². The van der Waals surface area contributed by atoms with Crippen LogP contribution in [-0.2, 0) is 9.59 Å². The summed E-state index contributed by atoms with van der Waals surface area (Å²) < 4.78 is 0. The van der Waals surface area contributed by atoms with E-state index in [9.17, 15) is 9.59 Å². The molecule has 0 bridgehead atoms.